The van der Waals surface area contributed by atoms with Crippen molar-refractivity contribution in [3.63, 3.8) is 0 Å². The summed E-state index contributed by atoms with van der Waals surface area (Å²) in [4.78, 5) is 26.6. The minimum Gasteiger partial charge on any atom is -0.338 e. The van der Waals surface area contributed by atoms with E-state index in [4.69, 9.17) is 0 Å². The fourth-order valence-corrected chi connectivity index (χ4v) is 4.06. The number of allylic oxidation sites excluding steroid dienone is 1. The molecule has 1 aromatic heterocycles. The number of hydrogen-bond donors (Lipinski definition) is 0. The Morgan fingerprint density at radius 1 is 1.46 bits per heavy atom. The van der Waals surface area contributed by atoms with Gasteiger partial charge in [0.2, 0.25) is 0 Å². The standard InChI is InChI=1S/C18H20F2N4O2/c1-17(2)10-18(5-12(6-21)15(17)25)3-4-23(11-18)16(26)13-7-22-24(8-13)9-14(19)20/h5,7-8,14H,3-4,9-11H2,1-2H3/t18-/m0/s1. The first-order valence-corrected chi connectivity index (χ1v) is 8.43. The maximum absolute atomic E-state index is 12.7. The van der Waals surface area contributed by atoms with E-state index in [0.29, 0.717) is 25.9 Å². The molecule has 1 saturated heterocycles. The molecule has 3 rings (SSSR count). The van der Waals surface area contributed by atoms with Crippen LogP contribution in [0.25, 0.3) is 0 Å². The number of nitrogens with zero attached hydrogens (tertiary/aromatic N) is 4. The number of likely N-dealkylation sites (tertiary alicyclic amines) is 1. The summed E-state index contributed by atoms with van der Waals surface area (Å²) in [5, 5.41) is 13.1. The van der Waals surface area contributed by atoms with E-state index >= 15 is 0 Å². The van der Waals surface area contributed by atoms with Crippen LogP contribution >= 0.6 is 0 Å². The Balaban J connectivity index is 1.79. The molecule has 1 amide bonds. The number of rotatable bonds is 3. The zero-order valence-corrected chi connectivity index (χ0v) is 14.7. The average Bonchev–Trinajstić information content (AvgIpc) is 3.17. The van der Waals surface area contributed by atoms with Gasteiger partial charge in [-0.1, -0.05) is 19.9 Å². The number of aromatic nitrogens is 2. The summed E-state index contributed by atoms with van der Waals surface area (Å²) in [5.41, 5.74) is -0.642. The fraction of sp³-hybridized carbons (Fsp3) is 0.556. The van der Waals surface area contributed by atoms with Crippen LogP contribution in [0.2, 0.25) is 0 Å². The molecule has 1 atom stereocenters. The largest absolute Gasteiger partial charge is 0.338 e. The van der Waals surface area contributed by atoms with Crippen molar-refractivity contribution < 1.29 is 18.4 Å². The number of Topliss-reactive ketones (excluding diaryl/α,β-unsaturated/α-hetero) is 1. The van der Waals surface area contributed by atoms with Crippen molar-refractivity contribution in [2.75, 3.05) is 13.1 Å². The Morgan fingerprint density at radius 3 is 2.85 bits per heavy atom. The molecule has 0 N–H and O–H groups in total. The molecule has 1 fully saturated rings. The Labute approximate surface area is 150 Å². The summed E-state index contributed by atoms with van der Waals surface area (Å²) >= 11 is 0. The smallest absolute Gasteiger partial charge is 0.257 e. The topological polar surface area (TPSA) is 79.0 Å². The number of nitriles is 1. The quantitative estimate of drug-likeness (QED) is 0.827. The number of amides is 1. The first-order chi connectivity index (χ1) is 12.2. The van der Waals surface area contributed by atoms with Gasteiger partial charge in [-0.25, -0.2) is 8.78 Å². The van der Waals surface area contributed by atoms with Crippen molar-refractivity contribution in [3.05, 3.63) is 29.6 Å². The monoisotopic (exact) mass is 362 g/mol. The van der Waals surface area contributed by atoms with Crippen molar-refractivity contribution >= 4 is 11.7 Å². The van der Waals surface area contributed by atoms with Crippen LogP contribution in [-0.2, 0) is 11.3 Å². The van der Waals surface area contributed by atoms with Gasteiger partial charge in [0.1, 0.15) is 12.6 Å². The lowest BCUT2D eigenvalue weighted by Gasteiger charge is -2.38. The molecule has 1 aliphatic carbocycles. The van der Waals surface area contributed by atoms with E-state index in [9.17, 15) is 23.6 Å². The van der Waals surface area contributed by atoms with E-state index in [1.165, 1.54) is 12.4 Å². The summed E-state index contributed by atoms with van der Waals surface area (Å²) < 4.78 is 25.9. The van der Waals surface area contributed by atoms with Crippen molar-refractivity contribution in [1.29, 1.82) is 5.26 Å². The summed E-state index contributed by atoms with van der Waals surface area (Å²) in [7, 11) is 0. The van der Waals surface area contributed by atoms with Gasteiger partial charge >= 0.3 is 0 Å². The van der Waals surface area contributed by atoms with Crippen molar-refractivity contribution in [3.8, 4) is 6.07 Å². The molecule has 0 bridgehead atoms. The fourth-order valence-electron chi connectivity index (χ4n) is 4.06. The zero-order valence-electron chi connectivity index (χ0n) is 14.7. The minimum absolute atomic E-state index is 0.153. The second-order valence-corrected chi connectivity index (χ2v) is 7.74. The molecule has 1 aliphatic heterocycles. The molecule has 2 heterocycles. The number of halogens is 2. The van der Waals surface area contributed by atoms with Crippen LogP contribution in [0.5, 0.6) is 0 Å². The lowest BCUT2D eigenvalue weighted by molar-refractivity contribution is -0.125. The van der Waals surface area contributed by atoms with Crippen LogP contribution in [0.15, 0.2) is 24.0 Å². The number of carbonyl (C=O) groups is 2. The molecule has 138 valence electrons. The molecule has 1 aromatic rings. The molecular weight excluding hydrogens is 342 g/mol. The lowest BCUT2D eigenvalue weighted by atomic mass is 9.64. The van der Waals surface area contributed by atoms with Gasteiger partial charge in [0.05, 0.1) is 17.3 Å². The molecule has 0 saturated carbocycles. The molecular formula is C18H20F2N4O2. The summed E-state index contributed by atoms with van der Waals surface area (Å²) in [6.07, 6.45) is 3.02. The average molecular weight is 362 g/mol. The zero-order chi connectivity index (χ0) is 19.1. The van der Waals surface area contributed by atoms with Crippen molar-refractivity contribution in [2.24, 2.45) is 10.8 Å². The molecule has 26 heavy (non-hydrogen) atoms. The molecule has 1 spiro atoms. The second kappa shape index (κ2) is 6.31. The highest BCUT2D eigenvalue weighted by atomic mass is 19.3. The normalized spacial score (nSPS) is 24.8. The van der Waals surface area contributed by atoms with Crippen molar-refractivity contribution in [1.82, 2.24) is 14.7 Å². The van der Waals surface area contributed by atoms with Gasteiger partial charge in [-0.2, -0.15) is 10.4 Å². The highest BCUT2D eigenvalue weighted by Crippen LogP contribution is 2.48. The second-order valence-electron chi connectivity index (χ2n) is 7.74. The van der Waals surface area contributed by atoms with E-state index in [1.807, 2.05) is 19.9 Å². The van der Waals surface area contributed by atoms with E-state index in [1.54, 1.807) is 11.0 Å². The number of hydrogen-bond acceptors (Lipinski definition) is 4. The number of alkyl halides is 2. The van der Waals surface area contributed by atoms with Crippen LogP contribution in [0.1, 0.15) is 37.0 Å². The highest BCUT2D eigenvalue weighted by molar-refractivity contribution is 6.03. The van der Waals surface area contributed by atoms with E-state index in [0.717, 1.165) is 4.68 Å². The Hall–Kier alpha value is -2.56. The Kier molecular flexibility index (Phi) is 4.42. The van der Waals surface area contributed by atoms with Gasteiger partial charge < -0.3 is 4.90 Å². The Morgan fingerprint density at radius 2 is 2.19 bits per heavy atom. The molecule has 8 heteroatoms. The third-order valence-corrected chi connectivity index (χ3v) is 5.10. The van der Waals surface area contributed by atoms with E-state index in [2.05, 4.69) is 5.10 Å². The van der Waals surface area contributed by atoms with Gasteiger partial charge in [0.25, 0.3) is 12.3 Å². The third kappa shape index (κ3) is 3.26. The maximum atomic E-state index is 12.7. The first kappa shape index (κ1) is 18.2. The maximum Gasteiger partial charge on any atom is 0.257 e. The highest BCUT2D eigenvalue weighted by Gasteiger charge is 2.48. The predicted octanol–water partition coefficient (Wildman–Crippen LogP) is 2.43. The van der Waals surface area contributed by atoms with Crippen LogP contribution < -0.4 is 0 Å². The van der Waals surface area contributed by atoms with E-state index < -0.39 is 23.8 Å². The minimum atomic E-state index is -2.54. The van der Waals surface area contributed by atoms with Crippen LogP contribution in [-0.4, -0.2) is 45.9 Å². The summed E-state index contributed by atoms with van der Waals surface area (Å²) in [6.45, 7) is 3.97. The van der Waals surface area contributed by atoms with Crippen LogP contribution in [0.4, 0.5) is 8.78 Å². The Bertz CT molecular complexity index is 821. The van der Waals surface area contributed by atoms with Crippen LogP contribution in [0.3, 0.4) is 0 Å². The van der Waals surface area contributed by atoms with Crippen molar-refractivity contribution in [2.45, 2.75) is 39.7 Å². The molecule has 6 nitrogen and oxygen atoms in total. The number of carbonyl (C=O) groups excluding carboxylic acids is 2. The van der Waals surface area contributed by atoms with Gasteiger partial charge in [-0.3, -0.25) is 14.3 Å². The lowest BCUT2D eigenvalue weighted by Crippen LogP contribution is -2.40. The third-order valence-electron chi connectivity index (χ3n) is 5.10. The molecule has 2 aliphatic rings. The molecule has 0 unspecified atom stereocenters. The number of ketones is 1. The predicted molar refractivity (Wildman–Crippen MR) is 88.3 cm³/mol. The van der Waals surface area contributed by atoms with Gasteiger partial charge in [0.15, 0.2) is 5.78 Å². The first-order valence-electron chi connectivity index (χ1n) is 8.43. The van der Waals surface area contributed by atoms with Gasteiger partial charge in [-0.15, -0.1) is 0 Å². The molecule has 0 aromatic carbocycles. The molecule has 0 radical (unpaired) electrons. The van der Waals surface area contributed by atoms with E-state index in [-0.39, 0.29) is 22.8 Å². The van der Waals surface area contributed by atoms with Crippen LogP contribution in [0, 0.1) is 22.2 Å². The van der Waals surface area contributed by atoms with Gasteiger partial charge in [-0.05, 0) is 12.8 Å². The summed E-state index contributed by atoms with van der Waals surface area (Å²) in [5.74, 6) is -0.437. The summed E-state index contributed by atoms with van der Waals surface area (Å²) in [6, 6.07) is 1.98. The SMILES string of the molecule is CC1(C)C[C@@]2(C=C(C#N)C1=O)CCN(C(=O)c1cnn(CC(F)F)c1)C2. The van der Waals surface area contributed by atoms with Gasteiger partial charge in [0, 0.05) is 30.1 Å².